The van der Waals surface area contributed by atoms with E-state index in [2.05, 4.69) is 0 Å². The highest BCUT2D eigenvalue weighted by molar-refractivity contribution is 6.33. The molecule has 0 saturated heterocycles. The first-order valence-corrected chi connectivity index (χ1v) is 4.02. The van der Waals surface area contributed by atoms with Gasteiger partial charge in [0.1, 0.15) is 0 Å². The lowest BCUT2D eigenvalue weighted by Crippen LogP contribution is -2.02. The number of aromatic carboxylic acids is 1. The third kappa shape index (κ3) is 2.43. The van der Waals surface area contributed by atoms with Crippen LogP contribution in [0.4, 0.5) is 0 Å². The minimum Gasteiger partial charge on any atom is -0.478 e. The summed E-state index contributed by atoms with van der Waals surface area (Å²) >= 11 is 5.58. The second-order valence-corrected chi connectivity index (χ2v) is 3.02. The van der Waals surface area contributed by atoms with Crippen molar-refractivity contribution in [3.05, 3.63) is 44.5 Å². The van der Waals surface area contributed by atoms with E-state index >= 15 is 0 Å². The lowest BCUT2D eigenvalue weighted by molar-refractivity contribution is -0.496. The fraction of sp³-hybridized carbons (Fsp3) is 0.125. The molecule has 0 aliphatic heterocycles. The van der Waals surface area contributed by atoms with E-state index in [9.17, 15) is 14.9 Å². The standard InChI is InChI=1S/C8H6ClNO4/c9-7-2-1-5(4-10(13)14)3-6(7)8(11)12/h1-3H,4H2,(H,11,12). The van der Waals surface area contributed by atoms with E-state index in [0.29, 0.717) is 5.56 Å². The Bertz CT molecular complexity index is 391. The minimum atomic E-state index is -1.19. The van der Waals surface area contributed by atoms with Gasteiger partial charge in [-0.2, -0.15) is 0 Å². The summed E-state index contributed by atoms with van der Waals surface area (Å²) < 4.78 is 0. The van der Waals surface area contributed by atoms with Crippen molar-refractivity contribution in [1.29, 1.82) is 0 Å². The summed E-state index contributed by atoms with van der Waals surface area (Å²) in [5.74, 6) is -1.19. The van der Waals surface area contributed by atoms with Crippen LogP contribution in [0.3, 0.4) is 0 Å². The first-order chi connectivity index (χ1) is 6.50. The van der Waals surface area contributed by atoms with Crippen LogP contribution in [-0.2, 0) is 6.54 Å². The van der Waals surface area contributed by atoms with Crippen LogP contribution in [0.5, 0.6) is 0 Å². The fourth-order valence-corrected chi connectivity index (χ4v) is 1.18. The molecule has 0 unspecified atom stereocenters. The van der Waals surface area contributed by atoms with Crippen molar-refractivity contribution in [2.75, 3.05) is 0 Å². The molecule has 0 fully saturated rings. The van der Waals surface area contributed by atoms with Crippen LogP contribution in [0.2, 0.25) is 5.02 Å². The Balaban J connectivity index is 3.06. The summed E-state index contributed by atoms with van der Waals surface area (Å²) in [6.45, 7) is -0.405. The number of carboxylic acid groups (broad SMARTS) is 1. The first-order valence-electron chi connectivity index (χ1n) is 3.64. The van der Waals surface area contributed by atoms with E-state index in [1.165, 1.54) is 18.2 Å². The maximum Gasteiger partial charge on any atom is 0.337 e. The largest absolute Gasteiger partial charge is 0.478 e. The van der Waals surface area contributed by atoms with Gasteiger partial charge in [-0.1, -0.05) is 17.7 Å². The quantitative estimate of drug-likeness (QED) is 0.616. The second kappa shape index (κ2) is 4.06. The highest BCUT2D eigenvalue weighted by Gasteiger charge is 2.11. The normalized spacial score (nSPS) is 9.79. The van der Waals surface area contributed by atoms with E-state index in [0.717, 1.165) is 0 Å². The maximum atomic E-state index is 10.6. The zero-order valence-electron chi connectivity index (χ0n) is 6.94. The predicted octanol–water partition coefficient (Wildman–Crippen LogP) is 1.81. The monoisotopic (exact) mass is 215 g/mol. The number of rotatable bonds is 3. The van der Waals surface area contributed by atoms with E-state index in [1.807, 2.05) is 0 Å². The maximum absolute atomic E-state index is 10.6. The third-order valence-electron chi connectivity index (χ3n) is 1.57. The molecule has 1 N–H and O–H groups in total. The fourth-order valence-electron chi connectivity index (χ4n) is 0.984. The Kier molecular flexibility index (Phi) is 3.03. The molecule has 14 heavy (non-hydrogen) atoms. The molecule has 0 bridgehead atoms. The van der Waals surface area contributed by atoms with Crippen LogP contribution in [0.1, 0.15) is 15.9 Å². The zero-order valence-corrected chi connectivity index (χ0v) is 7.69. The zero-order chi connectivity index (χ0) is 10.7. The molecular weight excluding hydrogens is 210 g/mol. The number of hydrogen-bond donors (Lipinski definition) is 1. The van der Waals surface area contributed by atoms with Crippen molar-refractivity contribution < 1.29 is 14.8 Å². The minimum absolute atomic E-state index is 0.0737. The Morgan fingerprint density at radius 2 is 2.21 bits per heavy atom. The van der Waals surface area contributed by atoms with Gasteiger partial charge in [-0.25, -0.2) is 4.79 Å². The molecule has 0 aliphatic carbocycles. The molecule has 0 amide bonds. The molecule has 5 nitrogen and oxygen atoms in total. The summed E-state index contributed by atoms with van der Waals surface area (Å²) in [5, 5.41) is 18.9. The van der Waals surface area contributed by atoms with Crippen LogP contribution in [-0.4, -0.2) is 16.0 Å². The SMILES string of the molecule is O=C(O)c1cc(C[N+](=O)[O-])ccc1Cl. The molecule has 6 heteroatoms. The molecule has 0 aliphatic rings. The van der Waals surface area contributed by atoms with Crippen LogP contribution < -0.4 is 0 Å². The summed E-state index contributed by atoms with van der Waals surface area (Å²) in [7, 11) is 0. The second-order valence-electron chi connectivity index (χ2n) is 2.61. The van der Waals surface area contributed by atoms with Crippen LogP contribution in [0, 0.1) is 10.1 Å². The Morgan fingerprint density at radius 1 is 1.57 bits per heavy atom. The smallest absolute Gasteiger partial charge is 0.337 e. The van der Waals surface area contributed by atoms with Crippen molar-refractivity contribution in [1.82, 2.24) is 0 Å². The molecule has 74 valence electrons. The van der Waals surface area contributed by atoms with Gasteiger partial charge in [0.25, 0.3) is 0 Å². The lowest BCUT2D eigenvalue weighted by Gasteiger charge is -2.00. The van der Waals surface area contributed by atoms with Gasteiger partial charge in [0, 0.05) is 10.5 Å². The molecule has 0 radical (unpaired) electrons. The van der Waals surface area contributed by atoms with Crippen LogP contribution in [0.15, 0.2) is 18.2 Å². The summed E-state index contributed by atoms with van der Waals surface area (Å²) in [5.41, 5.74) is 0.197. The number of hydrogen-bond acceptors (Lipinski definition) is 3. The average molecular weight is 216 g/mol. The summed E-state index contributed by atoms with van der Waals surface area (Å²) in [6, 6.07) is 3.97. The van der Waals surface area contributed by atoms with Gasteiger partial charge in [0.15, 0.2) is 0 Å². The Hall–Kier alpha value is -1.62. The molecule has 1 rings (SSSR count). The van der Waals surface area contributed by atoms with Gasteiger partial charge < -0.3 is 5.11 Å². The van der Waals surface area contributed by atoms with Gasteiger partial charge in [-0.15, -0.1) is 0 Å². The van der Waals surface area contributed by atoms with Crippen molar-refractivity contribution in [2.24, 2.45) is 0 Å². The van der Waals surface area contributed by atoms with Gasteiger partial charge in [0.2, 0.25) is 6.54 Å². The van der Waals surface area contributed by atoms with Gasteiger partial charge in [-0.05, 0) is 12.1 Å². The van der Waals surface area contributed by atoms with Crippen LogP contribution in [0.25, 0.3) is 0 Å². The van der Waals surface area contributed by atoms with E-state index in [1.54, 1.807) is 0 Å². The topological polar surface area (TPSA) is 80.4 Å². The number of benzene rings is 1. The van der Waals surface area contributed by atoms with Crippen LogP contribution >= 0.6 is 11.6 Å². The molecule has 1 aromatic rings. The van der Waals surface area contributed by atoms with Gasteiger partial charge in [-0.3, -0.25) is 10.1 Å². The van der Waals surface area contributed by atoms with Crippen molar-refractivity contribution in [2.45, 2.75) is 6.54 Å². The third-order valence-corrected chi connectivity index (χ3v) is 1.90. The van der Waals surface area contributed by atoms with Crippen molar-refractivity contribution >= 4 is 17.6 Å². The molecule has 0 heterocycles. The van der Waals surface area contributed by atoms with Crippen molar-refractivity contribution in [3.63, 3.8) is 0 Å². The molecule has 1 aromatic carbocycles. The first kappa shape index (κ1) is 10.5. The van der Waals surface area contributed by atoms with E-state index in [4.69, 9.17) is 16.7 Å². The number of halogens is 1. The Labute approximate surface area is 84.1 Å². The average Bonchev–Trinajstić information content (AvgIpc) is 2.07. The Morgan fingerprint density at radius 3 is 2.71 bits per heavy atom. The summed E-state index contributed by atoms with van der Waals surface area (Å²) in [4.78, 5) is 20.2. The van der Waals surface area contributed by atoms with E-state index < -0.39 is 17.4 Å². The number of nitro groups is 1. The molecular formula is C8H6ClNO4. The molecule has 0 saturated carbocycles. The highest BCUT2D eigenvalue weighted by Crippen LogP contribution is 2.17. The predicted molar refractivity (Wildman–Crippen MR) is 49.1 cm³/mol. The molecule has 0 atom stereocenters. The van der Waals surface area contributed by atoms with E-state index in [-0.39, 0.29) is 10.6 Å². The van der Waals surface area contributed by atoms with Crippen molar-refractivity contribution in [3.8, 4) is 0 Å². The van der Waals surface area contributed by atoms with Gasteiger partial charge in [0.05, 0.1) is 10.6 Å². The summed E-state index contributed by atoms with van der Waals surface area (Å²) in [6.07, 6.45) is 0. The lowest BCUT2D eigenvalue weighted by atomic mass is 10.1. The molecule has 0 spiro atoms. The number of carboxylic acids is 1. The number of nitrogens with zero attached hydrogens (tertiary/aromatic N) is 1. The number of carbonyl (C=O) groups is 1. The highest BCUT2D eigenvalue weighted by atomic mass is 35.5. The molecule has 0 aromatic heterocycles. The van der Waals surface area contributed by atoms with Gasteiger partial charge >= 0.3 is 5.97 Å².